The Hall–Kier alpha value is -0.920. The van der Waals surface area contributed by atoms with Crippen LogP contribution < -0.4 is 4.73 Å². The molecule has 0 N–H and O–H groups in total. The van der Waals surface area contributed by atoms with Gasteiger partial charge in [0.05, 0.1) is 11.0 Å². The van der Waals surface area contributed by atoms with Crippen molar-refractivity contribution in [1.82, 2.24) is 0 Å². The highest BCUT2D eigenvalue weighted by atomic mass is 127. The lowest BCUT2D eigenvalue weighted by Gasteiger charge is -2.00. The lowest BCUT2D eigenvalue weighted by molar-refractivity contribution is -0.613. The van der Waals surface area contributed by atoms with Gasteiger partial charge in [0.15, 0.2) is 9.26 Å². The second kappa shape index (κ2) is 3.21. The van der Waals surface area contributed by atoms with Crippen LogP contribution in [0.3, 0.4) is 0 Å². The van der Waals surface area contributed by atoms with Gasteiger partial charge in [-0.2, -0.15) is 4.73 Å². The normalized spacial score (nSPS) is 9.83. The zero-order chi connectivity index (χ0) is 9.30. The Bertz CT molecular complexity index is 340. The van der Waals surface area contributed by atoms with Crippen molar-refractivity contribution in [2.45, 2.75) is 6.92 Å². The SMILES string of the molecule is Cc1cc([N+](=O)[O-])c(I)c[n+]1[O-]. The van der Waals surface area contributed by atoms with Crippen LogP contribution in [0, 0.1) is 25.8 Å². The average Bonchev–Trinajstić information content (AvgIpc) is 1.96. The number of rotatable bonds is 1. The standard InChI is InChI=1S/C6H5IN2O3/c1-4-2-6(9(11)12)5(7)3-8(4)10/h2-3H,1H3. The van der Waals surface area contributed by atoms with E-state index < -0.39 is 4.92 Å². The first-order chi connectivity index (χ1) is 5.52. The van der Waals surface area contributed by atoms with Crippen molar-refractivity contribution in [1.29, 1.82) is 0 Å². The van der Waals surface area contributed by atoms with Crippen LogP contribution >= 0.6 is 22.6 Å². The van der Waals surface area contributed by atoms with Crippen molar-refractivity contribution in [3.8, 4) is 0 Å². The molecule has 0 aliphatic heterocycles. The lowest BCUT2D eigenvalue weighted by Crippen LogP contribution is -2.30. The van der Waals surface area contributed by atoms with Gasteiger partial charge < -0.3 is 5.21 Å². The van der Waals surface area contributed by atoms with Gasteiger partial charge in [-0.05, 0) is 22.6 Å². The van der Waals surface area contributed by atoms with Crippen molar-refractivity contribution < 1.29 is 9.65 Å². The van der Waals surface area contributed by atoms with Crippen molar-refractivity contribution in [3.63, 3.8) is 0 Å². The molecule has 0 amide bonds. The monoisotopic (exact) mass is 280 g/mol. The van der Waals surface area contributed by atoms with E-state index in [1.807, 2.05) is 0 Å². The topological polar surface area (TPSA) is 70.1 Å². The fraction of sp³-hybridized carbons (Fsp3) is 0.167. The van der Waals surface area contributed by atoms with Crippen LogP contribution in [0.1, 0.15) is 5.69 Å². The summed E-state index contributed by atoms with van der Waals surface area (Å²) in [5, 5.41) is 21.3. The summed E-state index contributed by atoms with van der Waals surface area (Å²) < 4.78 is 0.951. The molecule has 0 aromatic carbocycles. The molecular formula is C6H5IN2O3. The van der Waals surface area contributed by atoms with Gasteiger partial charge in [0.2, 0.25) is 6.20 Å². The number of pyridine rings is 1. The molecule has 0 unspecified atom stereocenters. The van der Waals surface area contributed by atoms with Crippen LogP contribution in [-0.2, 0) is 0 Å². The summed E-state index contributed by atoms with van der Waals surface area (Å²) in [5.74, 6) is 0. The Morgan fingerprint density at radius 2 is 2.25 bits per heavy atom. The second-order valence-corrected chi connectivity index (χ2v) is 3.39. The maximum atomic E-state index is 10.9. The molecule has 1 heterocycles. The van der Waals surface area contributed by atoms with Crippen molar-refractivity contribution in [2.24, 2.45) is 0 Å². The van der Waals surface area contributed by atoms with E-state index in [9.17, 15) is 15.3 Å². The van der Waals surface area contributed by atoms with Crippen LogP contribution in [0.5, 0.6) is 0 Å². The number of aromatic nitrogens is 1. The van der Waals surface area contributed by atoms with E-state index in [1.165, 1.54) is 19.2 Å². The van der Waals surface area contributed by atoms with E-state index in [0.29, 0.717) is 14.0 Å². The van der Waals surface area contributed by atoms with Gasteiger partial charge in [-0.25, -0.2) is 0 Å². The Balaban J connectivity index is 3.33. The Labute approximate surface area is 81.9 Å². The molecule has 6 heteroatoms. The predicted octanol–water partition coefficient (Wildman–Crippen LogP) is 1.14. The number of nitrogens with zero attached hydrogens (tertiary/aromatic N) is 2. The van der Waals surface area contributed by atoms with Crippen molar-refractivity contribution >= 4 is 28.3 Å². The fourth-order valence-corrected chi connectivity index (χ4v) is 1.35. The molecule has 0 spiro atoms. The number of nitro groups is 1. The molecule has 0 bridgehead atoms. The van der Waals surface area contributed by atoms with Gasteiger partial charge in [0, 0.05) is 6.92 Å². The van der Waals surface area contributed by atoms with E-state index in [1.54, 1.807) is 22.6 Å². The van der Waals surface area contributed by atoms with E-state index in [2.05, 4.69) is 0 Å². The predicted molar refractivity (Wildman–Crippen MR) is 49.5 cm³/mol. The Kier molecular flexibility index (Phi) is 2.46. The molecule has 5 nitrogen and oxygen atoms in total. The van der Waals surface area contributed by atoms with E-state index in [0.717, 1.165) is 0 Å². The minimum Gasteiger partial charge on any atom is -0.618 e. The number of hydrogen-bond donors (Lipinski definition) is 0. The summed E-state index contributed by atoms with van der Waals surface area (Å²) in [4.78, 5) is 9.87. The third-order valence-electron chi connectivity index (χ3n) is 1.37. The molecule has 0 radical (unpaired) electrons. The molecule has 12 heavy (non-hydrogen) atoms. The summed E-state index contributed by atoms with van der Waals surface area (Å²) in [6.45, 7) is 1.52. The highest BCUT2D eigenvalue weighted by molar-refractivity contribution is 14.1. The molecule has 0 saturated heterocycles. The minimum absolute atomic E-state index is 0.0276. The van der Waals surface area contributed by atoms with Gasteiger partial charge in [0.1, 0.15) is 0 Å². The molecule has 0 atom stereocenters. The summed E-state index contributed by atoms with van der Waals surface area (Å²) in [6.07, 6.45) is 1.19. The minimum atomic E-state index is -0.505. The number of hydrogen-bond acceptors (Lipinski definition) is 3. The molecule has 0 saturated carbocycles. The maximum Gasteiger partial charge on any atom is 0.295 e. The van der Waals surface area contributed by atoms with E-state index in [4.69, 9.17) is 0 Å². The first-order valence-electron chi connectivity index (χ1n) is 3.06. The van der Waals surface area contributed by atoms with Crippen molar-refractivity contribution in [2.75, 3.05) is 0 Å². The molecule has 1 aromatic rings. The van der Waals surface area contributed by atoms with Gasteiger partial charge >= 0.3 is 0 Å². The fourth-order valence-electron chi connectivity index (χ4n) is 0.741. The third kappa shape index (κ3) is 1.63. The summed E-state index contributed by atoms with van der Waals surface area (Å²) >= 11 is 1.76. The molecular weight excluding hydrogens is 275 g/mol. The molecule has 0 aliphatic carbocycles. The van der Waals surface area contributed by atoms with Crippen LogP contribution in [0.4, 0.5) is 5.69 Å². The van der Waals surface area contributed by atoms with Gasteiger partial charge in [-0.15, -0.1) is 0 Å². The smallest absolute Gasteiger partial charge is 0.295 e. The summed E-state index contributed by atoms with van der Waals surface area (Å²) in [6, 6.07) is 1.26. The zero-order valence-corrected chi connectivity index (χ0v) is 8.31. The van der Waals surface area contributed by atoms with Gasteiger partial charge in [-0.3, -0.25) is 10.1 Å². The van der Waals surface area contributed by atoms with E-state index >= 15 is 0 Å². The highest BCUT2D eigenvalue weighted by Gasteiger charge is 2.16. The second-order valence-electron chi connectivity index (χ2n) is 2.23. The molecule has 1 rings (SSSR count). The zero-order valence-electron chi connectivity index (χ0n) is 6.15. The van der Waals surface area contributed by atoms with Crippen LogP contribution in [0.25, 0.3) is 0 Å². The highest BCUT2D eigenvalue weighted by Crippen LogP contribution is 2.18. The van der Waals surface area contributed by atoms with E-state index in [-0.39, 0.29) is 5.69 Å². The van der Waals surface area contributed by atoms with Crippen molar-refractivity contribution in [3.05, 3.63) is 36.8 Å². The largest absolute Gasteiger partial charge is 0.618 e. The summed E-state index contributed by atoms with van der Waals surface area (Å²) in [5.41, 5.74) is 0.294. The molecule has 1 aromatic heterocycles. The third-order valence-corrected chi connectivity index (χ3v) is 2.20. The van der Waals surface area contributed by atoms with Crippen LogP contribution in [-0.4, -0.2) is 4.92 Å². The first kappa shape index (κ1) is 9.17. The molecule has 64 valence electrons. The first-order valence-corrected chi connectivity index (χ1v) is 4.14. The Morgan fingerprint density at radius 3 is 2.75 bits per heavy atom. The number of halogens is 1. The lowest BCUT2D eigenvalue weighted by atomic mass is 10.3. The van der Waals surface area contributed by atoms with Gasteiger partial charge in [0.25, 0.3) is 5.69 Å². The summed E-state index contributed by atoms with van der Waals surface area (Å²) in [7, 11) is 0. The Morgan fingerprint density at radius 1 is 1.67 bits per heavy atom. The van der Waals surface area contributed by atoms with Crippen LogP contribution in [0.15, 0.2) is 12.3 Å². The number of aryl methyl sites for hydroxylation is 1. The molecule has 0 fully saturated rings. The molecule has 0 aliphatic rings. The quantitative estimate of drug-likeness (QED) is 0.254. The maximum absolute atomic E-state index is 10.9. The van der Waals surface area contributed by atoms with Crippen LogP contribution in [0.2, 0.25) is 0 Å². The average molecular weight is 280 g/mol. The van der Waals surface area contributed by atoms with Gasteiger partial charge in [-0.1, -0.05) is 0 Å².